The zero-order valence-electron chi connectivity index (χ0n) is 19.6. The quantitative estimate of drug-likeness (QED) is 0.436. The standard InChI is InChI=1S/C29H30N4O/c1-21(34)30-20-23-11-13-24(14-12-23)25-15-17-33(18-16-25)29-27-10-6-5-9-26(27)28(31-32-29)19-22-7-3-2-4-8-22/h2-14,25H,15-20H2,1H3,(H,30,34). The number of nitrogens with zero attached hydrogens (tertiary/aromatic N) is 3. The topological polar surface area (TPSA) is 58.1 Å². The maximum Gasteiger partial charge on any atom is 0.217 e. The lowest BCUT2D eigenvalue weighted by molar-refractivity contribution is -0.119. The highest BCUT2D eigenvalue weighted by Crippen LogP contribution is 2.33. The van der Waals surface area contributed by atoms with E-state index in [-0.39, 0.29) is 5.91 Å². The number of amides is 1. The maximum absolute atomic E-state index is 11.1. The number of nitrogens with one attached hydrogen (secondary N) is 1. The van der Waals surface area contributed by atoms with E-state index in [4.69, 9.17) is 5.10 Å². The third-order valence-electron chi connectivity index (χ3n) is 6.75. The normalized spacial score (nSPS) is 14.3. The third-order valence-corrected chi connectivity index (χ3v) is 6.75. The average molecular weight is 451 g/mol. The fourth-order valence-corrected chi connectivity index (χ4v) is 4.86. The number of carbonyl (C=O) groups excluding carboxylic acids is 1. The summed E-state index contributed by atoms with van der Waals surface area (Å²) in [5.41, 5.74) is 4.78. The van der Waals surface area contributed by atoms with Crippen molar-refractivity contribution in [2.45, 2.75) is 38.6 Å². The molecule has 0 unspecified atom stereocenters. The van der Waals surface area contributed by atoms with Crippen LogP contribution in [0.5, 0.6) is 0 Å². The van der Waals surface area contributed by atoms with Crippen LogP contribution in [0, 0.1) is 0 Å². The van der Waals surface area contributed by atoms with Gasteiger partial charge >= 0.3 is 0 Å². The van der Waals surface area contributed by atoms with Crippen LogP contribution >= 0.6 is 0 Å². The summed E-state index contributed by atoms with van der Waals surface area (Å²) >= 11 is 0. The summed E-state index contributed by atoms with van der Waals surface area (Å²) in [6.45, 7) is 4.07. The van der Waals surface area contributed by atoms with E-state index >= 15 is 0 Å². The molecule has 0 spiro atoms. The van der Waals surface area contributed by atoms with Gasteiger partial charge in [-0.1, -0.05) is 78.9 Å². The molecule has 0 saturated carbocycles. The van der Waals surface area contributed by atoms with Gasteiger partial charge in [-0.25, -0.2) is 0 Å². The second-order valence-corrected chi connectivity index (χ2v) is 9.09. The van der Waals surface area contributed by atoms with Crippen molar-refractivity contribution >= 4 is 22.5 Å². The number of aromatic nitrogens is 2. The first kappa shape index (κ1) is 22.1. The Morgan fingerprint density at radius 2 is 1.53 bits per heavy atom. The van der Waals surface area contributed by atoms with Crippen molar-refractivity contribution in [3.63, 3.8) is 0 Å². The van der Waals surface area contributed by atoms with Crippen molar-refractivity contribution < 1.29 is 4.79 Å². The molecule has 4 aromatic rings. The van der Waals surface area contributed by atoms with Gasteiger partial charge in [-0.15, -0.1) is 5.10 Å². The third kappa shape index (κ3) is 4.93. The first-order chi connectivity index (χ1) is 16.7. The van der Waals surface area contributed by atoms with Crippen molar-refractivity contribution in [2.75, 3.05) is 18.0 Å². The highest BCUT2D eigenvalue weighted by molar-refractivity contribution is 5.93. The Hall–Kier alpha value is -3.73. The van der Waals surface area contributed by atoms with Gasteiger partial charge < -0.3 is 10.2 Å². The zero-order chi connectivity index (χ0) is 23.3. The fourth-order valence-electron chi connectivity index (χ4n) is 4.86. The minimum atomic E-state index is 0.000157. The molecular weight excluding hydrogens is 420 g/mol. The molecule has 1 N–H and O–H groups in total. The Morgan fingerprint density at radius 3 is 2.24 bits per heavy atom. The van der Waals surface area contributed by atoms with Gasteiger partial charge in [-0.2, -0.15) is 5.10 Å². The van der Waals surface area contributed by atoms with Gasteiger partial charge in [0.05, 0.1) is 5.69 Å². The van der Waals surface area contributed by atoms with Crippen LogP contribution in [-0.4, -0.2) is 29.2 Å². The van der Waals surface area contributed by atoms with Crippen molar-refractivity contribution in [2.24, 2.45) is 0 Å². The van der Waals surface area contributed by atoms with Crippen LogP contribution in [0.15, 0.2) is 78.9 Å². The summed E-state index contributed by atoms with van der Waals surface area (Å²) < 4.78 is 0. The van der Waals surface area contributed by atoms with Crippen LogP contribution in [0.3, 0.4) is 0 Å². The van der Waals surface area contributed by atoms with Gasteiger partial charge in [-0.05, 0) is 35.4 Å². The smallest absolute Gasteiger partial charge is 0.217 e. The first-order valence-electron chi connectivity index (χ1n) is 12.0. The van der Waals surface area contributed by atoms with Gasteiger partial charge in [0.15, 0.2) is 5.82 Å². The molecule has 0 atom stereocenters. The molecule has 34 heavy (non-hydrogen) atoms. The molecule has 5 heteroatoms. The van der Waals surface area contributed by atoms with Crippen LogP contribution < -0.4 is 10.2 Å². The molecule has 0 aliphatic carbocycles. The molecule has 3 aromatic carbocycles. The molecule has 5 rings (SSSR count). The first-order valence-corrected chi connectivity index (χ1v) is 12.0. The van der Waals surface area contributed by atoms with Crippen molar-refractivity contribution in [3.8, 4) is 0 Å². The van der Waals surface area contributed by atoms with Crippen molar-refractivity contribution in [1.29, 1.82) is 0 Å². The fraction of sp³-hybridized carbons (Fsp3) is 0.276. The predicted molar refractivity (Wildman–Crippen MR) is 137 cm³/mol. The second-order valence-electron chi connectivity index (χ2n) is 9.09. The van der Waals surface area contributed by atoms with Crippen LogP contribution in [0.2, 0.25) is 0 Å². The molecule has 5 nitrogen and oxygen atoms in total. The van der Waals surface area contributed by atoms with E-state index in [0.29, 0.717) is 12.5 Å². The van der Waals surface area contributed by atoms with Gasteiger partial charge in [-0.3, -0.25) is 4.79 Å². The maximum atomic E-state index is 11.1. The van der Waals surface area contributed by atoms with Crippen molar-refractivity contribution in [1.82, 2.24) is 15.5 Å². The lowest BCUT2D eigenvalue weighted by Gasteiger charge is -2.33. The Kier molecular flexibility index (Phi) is 6.52. The van der Waals surface area contributed by atoms with Gasteiger partial charge in [0.2, 0.25) is 5.91 Å². The average Bonchev–Trinajstić information content (AvgIpc) is 2.89. The molecule has 1 aliphatic heterocycles. The molecule has 1 amide bonds. The van der Waals surface area contributed by atoms with E-state index in [1.54, 1.807) is 6.92 Å². The zero-order valence-corrected chi connectivity index (χ0v) is 19.6. The van der Waals surface area contributed by atoms with E-state index in [2.05, 4.69) is 88.1 Å². The van der Waals surface area contributed by atoms with Crippen LogP contribution in [0.1, 0.15) is 48.1 Å². The number of benzene rings is 3. The number of fused-ring (bicyclic) bond motifs is 1. The Labute approximate surface area is 200 Å². The molecule has 2 heterocycles. The Bertz CT molecular complexity index is 1260. The van der Waals surface area contributed by atoms with Gasteiger partial charge in [0, 0.05) is 43.8 Å². The minimum absolute atomic E-state index is 0.000157. The number of rotatable bonds is 6. The van der Waals surface area contributed by atoms with E-state index in [1.807, 2.05) is 6.07 Å². The molecule has 1 aromatic heterocycles. The Morgan fingerprint density at radius 1 is 0.853 bits per heavy atom. The number of hydrogen-bond acceptors (Lipinski definition) is 4. The van der Waals surface area contributed by atoms with Gasteiger partial charge in [0.1, 0.15) is 0 Å². The lowest BCUT2D eigenvalue weighted by atomic mass is 9.89. The monoisotopic (exact) mass is 450 g/mol. The predicted octanol–water partition coefficient (Wildman–Crippen LogP) is 5.24. The molecule has 1 fully saturated rings. The summed E-state index contributed by atoms with van der Waals surface area (Å²) in [5, 5.41) is 14.6. The largest absolute Gasteiger partial charge is 0.355 e. The van der Waals surface area contributed by atoms with Crippen LogP contribution in [0.25, 0.3) is 10.8 Å². The van der Waals surface area contributed by atoms with E-state index < -0.39 is 0 Å². The summed E-state index contributed by atoms with van der Waals surface area (Å²) in [7, 11) is 0. The lowest BCUT2D eigenvalue weighted by Crippen LogP contribution is -2.34. The van der Waals surface area contributed by atoms with E-state index in [9.17, 15) is 4.79 Å². The van der Waals surface area contributed by atoms with Gasteiger partial charge in [0.25, 0.3) is 0 Å². The van der Waals surface area contributed by atoms with Crippen LogP contribution in [-0.2, 0) is 17.8 Å². The summed E-state index contributed by atoms with van der Waals surface area (Å²) in [6.07, 6.45) is 2.97. The number of carbonyl (C=O) groups is 1. The SMILES string of the molecule is CC(=O)NCc1ccc(C2CCN(c3nnc(Cc4ccccc4)c4ccccc34)CC2)cc1. The molecule has 172 valence electrons. The number of hydrogen-bond donors (Lipinski definition) is 1. The molecular formula is C29H30N4O. The number of anilines is 1. The van der Waals surface area contributed by atoms with E-state index in [1.165, 1.54) is 21.9 Å². The highest BCUT2D eigenvalue weighted by atomic mass is 16.1. The molecule has 1 saturated heterocycles. The van der Waals surface area contributed by atoms with E-state index in [0.717, 1.165) is 49.4 Å². The van der Waals surface area contributed by atoms with Crippen LogP contribution in [0.4, 0.5) is 5.82 Å². The molecule has 0 bridgehead atoms. The summed E-state index contributed by atoms with van der Waals surface area (Å²) in [4.78, 5) is 13.5. The summed E-state index contributed by atoms with van der Waals surface area (Å²) in [6, 6.07) is 27.7. The van der Waals surface area contributed by atoms with Crippen molar-refractivity contribution in [3.05, 3.63) is 101 Å². The molecule has 0 radical (unpaired) electrons. The number of piperidine rings is 1. The Balaban J connectivity index is 1.29. The summed E-state index contributed by atoms with van der Waals surface area (Å²) in [5.74, 6) is 1.54. The second kappa shape index (κ2) is 10.0. The minimum Gasteiger partial charge on any atom is -0.355 e. The molecule has 1 aliphatic rings. The highest BCUT2D eigenvalue weighted by Gasteiger charge is 2.23.